The normalized spacial score (nSPS) is 20.2. The second-order valence-electron chi connectivity index (χ2n) is 8.88. The number of fused-ring (bicyclic) bond motifs is 2. The molecule has 0 aliphatic carbocycles. The van der Waals surface area contributed by atoms with E-state index in [4.69, 9.17) is 4.42 Å². The molecule has 150 valence electrons. The summed E-state index contributed by atoms with van der Waals surface area (Å²) in [5, 5.41) is 0. The molecular formula is C26H24N2O2. The molecule has 3 aromatic carbocycles. The number of oxazole rings is 1. The van der Waals surface area contributed by atoms with E-state index >= 15 is 0 Å². The average molecular weight is 396 g/mol. The van der Waals surface area contributed by atoms with Crippen LogP contribution < -0.4 is 4.90 Å². The van der Waals surface area contributed by atoms with E-state index in [2.05, 4.69) is 56.1 Å². The molecule has 0 spiro atoms. The standard InChI is InChI=1S/C26H24N2O2/c1-25(2)16-26(3,19-12-8-5-9-13-19)20-14-21-23(30-17-27-21)15-22(20)28(25)24(29)18-10-6-4-7-11-18/h4-15,17H,16H2,1-3H3. The van der Waals surface area contributed by atoms with Crippen LogP contribution in [0.4, 0.5) is 5.69 Å². The van der Waals surface area contributed by atoms with Gasteiger partial charge in [0.2, 0.25) is 0 Å². The molecule has 1 atom stereocenters. The summed E-state index contributed by atoms with van der Waals surface area (Å²) in [5.41, 5.74) is 4.72. The first-order chi connectivity index (χ1) is 14.4. The third-order valence-corrected chi connectivity index (χ3v) is 6.31. The molecule has 4 nitrogen and oxygen atoms in total. The van der Waals surface area contributed by atoms with Gasteiger partial charge in [-0.1, -0.05) is 55.5 Å². The van der Waals surface area contributed by atoms with Crippen molar-refractivity contribution >= 4 is 22.7 Å². The lowest BCUT2D eigenvalue weighted by Gasteiger charge is -2.51. The van der Waals surface area contributed by atoms with Gasteiger partial charge in [0.05, 0.1) is 5.69 Å². The predicted molar refractivity (Wildman–Crippen MR) is 119 cm³/mol. The lowest BCUT2D eigenvalue weighted by Crippen LogP contribution is -2.55. The minimum Gasteiger partial charge on any atom is -0.443 e. The smallest absolute Gasteiger partial charge is 0.258 e. The van der Waals surface area contributed by atoms with Crippen LogP contribution in [0, 0.1) is 0 Å². The van der Waals surface area contributed by atoms with Crippen LogP contribution in [-0.2, 0) is 5.41 Å². The number of benzene rings is 3. The lowest BCUT2D eigenvalue weighted by atomic mass is 9.65. The van der Waals surface area contributed by atoms with Crippen molar-refractivity contribution in [2.24, 2.45) is 0 Å². The Morgan fingerprint density at radius 1 is 0.967 bits per heavy atom. The molecule has 4 heteroatoms. The topological polar surface area (TPSA) is 46.3 Å². The van der Waals surface area contributed by atoms with Gasteiger partial charge in [-0.05, 0) is 49.6 Å². The van der Waals surface area contributed by atoms with Crippen LogP contribution in [0.15, 0.2) is 83.6 Å². The largest absolute Gasteiger partial charge is 0.443 e. The van der Waals surface area contributed by atoms with Gasteiger partial charge in [-0.15, -0.1) is 0 Å². The molecule has 4 aromatic rings. The van der Waals surface area contributed by atoms with E-state index in [1.54, 1.807) is 0 Å². The number of nitrogens with zero attached hydrogens (tertiary/aromatic N) is 2. The molecule has 1 aliphatic heterocycles. The van der Waals surface area contributed by atoms with Gasteiger partial charge in [-0.3, -0.25) is 4.79 Å². The number of hydrogen-bond donors (Lipinski definition) is 0. The van der Waals surface area contributed by atoms with Crippen LogP contribution in [0.3, 0.4) is 0 Å². The third kappa shape index (κ3) is 2.75. The van der Waals surface area contributed by atoms with E-state index in [1.807, 2.05) is 47.4 Å². The van der Waals surface area contributed by atoms with Gasteiger partial charge in [0.25, 0.3) is 5.91 Å². The van der Waals surface area contributed by atoms with Gasteiger partial charge in [-0.2, -0.15) is 0 Å². The lowest BCUT2D eigenvalue weighted by molar-refractivity contribution is 0.0949. The van der Waals surface area contributed by atoms with E-state index < -0.39 is 5.54 Å². The number of anilines is 1. The van der Waals surface area contributed by atoms with Crippen molar-refractivity contribution in [1.29, 1.82) is 0 Å². The Hall–Kier alpha value is -3.40. The molecular weight excluding hydrogens is 372 g/mol. The minimum atomic E-state index is -0.405. The minimum absolute atomic E-state index is 0.00386. The molecule has 0 N–H and O–H groups in total. The van der Waals surface area contributed by atoms with E-state index in [1.165, 1.54) is 12.0 Å². The van der Waals surface area contributed by atoms with Gasteiger partial charge in [0, 0.05) is 22.6 Å². The summed E-state index contributed by atoms with van der Waals surface area (Å²) in [7, 11) is 0. The quantitative estimate of drug-likeness (QED) is 0.420. The fraction of sp³-hybridized carbons (Fsp3) is 0.231. The van der Waals surface area contributed by atoms with Gasteiger partial charge in [0.15, 0.2) is 12.0 Å². The Balaban J connectivity index is 1.78. The van der Waals surface area contributed by atoms with Crippen molar-refractivity contribution in [3.8, 4) is 0 Å². The van der Waals surface area contributed by atoms with Crippen LogP contribution in [0.25, 0.3) is 11.1 Å². The summed E-state index contributed by atoms with van der Waals surface area (Å²) in [6, 6.07) is 24.0. The van der Waals surface area contributed by atoms with Crippen LogP contribution in [0.2, 0.25) is 0 Å². The molecule has 0 bridgehead atoms. The number of carbonyl (C=O) groups is 1. The van der Waals surface area contributed by atoms with Gasteiger partial charge >= 0.3 is 0 Å². The highest BCUT2D eigenvalue weighted by atomic mass is 16.3. The summed E-state index contributed by atoms with van der Waals surface area (Å²) in [5.74, 6) is -0.00386. The highest BCUT2D eigenvalue weighted by molar-refractivity contribution is 6.08. The van der Waals surface area contributed by atoms with E-state index in [9.17, 15) is 4.79 Å². The first kappa shape index (κ1) is 18.6. The molecule has 1 aromatic heterocycles. The number of carbonyl (C=O) groups excluding carboxylic acids is 1. The summed E-state index contributed by atoms with van der Waals surface area (Å²) in [6.07, 6.45) is 2.25. The second kappa shape index (κ2) is 6.56. The summed E-state index contributed by atoms with van der Waals surface area (Å²) >= 11 is 0. The summed E-state index contributed by atoms with van der Waals surface area (Å²) in [4.78, 5) is 20.0. The van der Waals surface area contributed by atoms with E-state index in [0.29, 0.717) is 11.1 Å². The van der Waals surface area contributed by atoms with Gasteiger partial charge < -0.3 is 9.32 Å². The SMILES string of the molecule is CC1(c2ccccc2)CC(C)(C)N(C(=O)c2ccccc2)c2cc3ocnc3cc21. The zero-order valence-corrected chi connectivity index (χ0v) is 17.4. The van der Waals surface area contributed by atoms with Crippen LogP contribution >= 0.6 is 0 Å². The summed E-state index contributed by atoms with van der Waals surface area (Å²) < 4.78 is 5.61. The molecule has 0 saturated carbocycles. The molecule has 0 saturated heterocycles. The number of hydrogen-bond acceptors (Lipinski definition) is 3. The fourth-order valence-corrected chi connectivity index (χ4v) is 5.04. The van der Waals surface area contributed by atoms with Crippen molar-refractivity contribution in [1.82, 2.24) is 4.98 Å². The number of aromatic nitrogens is 1. The van der Waals surface area contributed by atoms with Crippen molar-refractivity contribution in [2.45, 2.75) is 38.1 Å². The monoisotopic (exact) mass is 396 g/mol. The maximum Gasteiger partial charge on any atom is 0.258 e. The highest BCUT2D eigenvalue weighted by Gasteiger charge is 2.48. The Morgan fingerprint density at radius 2 is 1.63 bits per heavy atom. The molecule has 0 fully saturated rings. The van der Waals surface area contributed by atoms with Crippen molar-refractivity contribution in [2.75, 3.05) is 4.90 Å². The number of amides is 1. The van der Waals surface area contributed by atoms with E-state index in [0.717, 1.165) is 23.2 Å². The van der Waals surface area contributed by atoms with Gasteiger partial charge in [-0.25, -0.2) is 4.98 Å². The Kier molecular flexibility index (Phi) is 4.07. The second-order valence-corrected chi connectivity index (χ2v) is 8.88. The Labute approximate surface area is 176 Å². The molecule has 1 amide bonds. The van der Waals surface area contributed by atoms with Crippen LogP contribution in [-0.4, -0.2) is 16.4 Å². The van der Waals surface area contributed by atoms with Crippen LogP contribution in [0.5, 0.6) is 0 Å². The van der Waals surface area contributed by atoms with Crippen molar-refractivity contribution in [3.63, 3.8) is 0 Å². The zero-order chi connectivity index (χ0) is 20.9. The average Bonchev–Trinajstić information content (AvgIpc) is 3.21. The Bertz CT molecular complexity index is 1230. The maximum atomic E-state index is 13.7. The molecule has 0 radical (unpaired) electrons. The molecule has 30 heavy (non-hydrogen) atoms. The first-order valence-corrected chi connectivity index (χ1v) is 10.2. The third-order valence-electron chi connectivity index (χ3n) is 6.31. The van der Waals surface area contributed by atoms with Crippen molar-refractivity contribution in [3.05, 3.63) is 95.9 Å². The molecule has 2 heterocycles. The predicted octanol–water partition coefficient (Wildman–Crippen LogP) is 5.96. The first-order valence-electron chi connectivity index (χ1n) is 10.2. The zero-order valence-electron chi connectivity index (χ0n) is 17.4. The fourth-order valence-electron chi connectivity index (χ4n) is 5.04. The summed E-state index contributed by atoms with van der Waals surface area (Å²) in [6.45, 7) is 6.55. The molecule has 1 aliphatic rings. The molecule has 1 unspecified atom stereocenters. The Morgan fingerprint density at radius 3 is 2.33 bits per heavy atom. The maximum absolute atomic E-state index is 13.7. The van der Waals surface area contributed by atoms with Crippen LogP contribution in [0.1, 0.15) is 48.7 Å². The van der Waals surface area contributed by atoms with E-state index in [-0.39, 0.29) is 11.3 Å². The van der Waals surface area contributed by atoms with Crippen molar-refractivity contribution < 1.29 is 9.21 Å². The van der Waals surface area contributed by atoms with Gasteiger partial charge in [0.1, 0.15) is 5.52 Å². The number of rotatable bonds is 2. The molecule has 5 rings (SSSR count). The highest BCUT2D eigenvalue weighted by Crippen LogP contribution is 2.51.